The van der Waals surface area contributed by atoms with Gasteiger partial charge in [0, 0.05) is 12.6 Å². The zero-order valence-corrected chi connectivity index (χ0v) is 11.8. The summed E-state index contributed by atoms with van der Waals surface area (Å²) in [5, 5.41) is 3.06. The van der Waals surface area contributed by atoms with Crippen LogP contribution in [0.2, 0.25) is 5.02 Å². The Balaban J connectivity index is 2.01. The van der Waals surface area contributed by atoms with E-state index in [9.17, 15) is 8.78 Å². The summed E-state index contributed by atoms with van der Waals surface area (Å²) in [7, 11) is 0. The monoisotopic (exact) mass is 296 g/mol. The highest BCUT2D eigenvalue weighted by Gasteiger charge is 2.06. The first kappa shape index (κ1) is 14.6. The third-order valence-corrected chi connectivity index (χ3v) is 3.40. The van der Waals surface area contributed by atoms with Crippen molar-refractivity contribution >= 4 is 23.0 Å². The summed E-state index contributed by atoms with van der Waals surface area (Å²) in [4.78, 5) is 0. The van der Waals surface area contributed by atoms with Crippen LogP contribution in [0.1, 0.15) is 11.1 Å². The number of benzene rings is 2. The van der Waals surface area contributed by atoms with Crippen molar-refractivity contribution in [2.24, 2.45) is 0 Å². The molecule has 0 saturated heterocycles. The van der Waals surface area contributed by atoms with E-state index in [4.69, 9.17) is 17.3 Å². The van der Waals surface area contributed by atoms with Crippen LogP contribution >= 0.6 is 11.6 Å². The predicted octanol–water partition coefficient (Wildman–Crippen LogP) is 4.16. The smallest absolute Gasteiger partial charge is 0.143 e. The molecule has 0 bridgehead atoms. The van der Waals surface area contributed by atoms with Crippen LogP contribution in [0.25, 0.3) is 0 Å². The third kappa shape index (κ3) is 3.39. The fourth-order valence-electron chi connectivity index (χ4n) is 1.99. The Labute approximate surface area is 121 Å². The lowest BCUT2D eigenvalue weighted by molar-refractivity contribution is 0.625. The molecule has 2 aromatic rings. The normalized spacial score (nSPS) is 10.6. The first-order chi connectivity index (χ1) is 9.47. The third-order valence-electron chi connectivity index (χ3n) is 3.11. The molecule has 2 nitrogen and oxygen atoms in total. The number of rotatable bonds is 4. The Morgan fingerprint density at radius 2 is 1.95 bits per heavy atom. The largest absolute Gasteiger partial charge is 0.397 e. The van der Waals surface area contributed by atoms with Gasteiger partial charge >= 0.3 is 0 Å². The molecule has 0 atom stereocenters. The van der Waals surface area contributed by atoms with Gasteiger partial charge in [-0.2, -0.15) is 0 Å². The quantitative estimate of drug-likeness (QED) is 0.831. The molecule has 2 aromatic carbocycles. The minimum atomic E-state index is -0.513. The summed E-state index contributed by atoms with van der Waals surface area (Å²) in [6.07, 6.45) is 0.690. The Bertz CT molecular complexity index is 630. The number of aryl methyl sites for hydroxylation is 1. The molecule has 0 fully saturated rings. The molecule has 0 heterocycles. The number of nitrogen functional groups attached to an aromatic ring is 1. The van der Waals surface area contributed by atoms with E-state index in [-0.39, 0.29) is 10.8 Å². The highest BCUT2D eigenvalue weighted by Crippen LogP contribution is 2.26. The van der Waals surface area contributed by atoms with Crippen molar-refractivity contribution in [2.75, 3.05) is 17.6 Å². The van der Waals surface area contributed by atoms with Crippen molar-refractivity contribution in [3.8, 4) is 0 Å². The van der Waals surface area contributed by atoms with E-state index < -0.39 is 5.82 Å². The molecule has 0 aliphatic rings. The van der Waals surface area contributed by atoms with E-state index >= 15 is 0 Å². The van der Waals surface area contributed by atoms with Gasteiger partial charge in [-0.15, -0.1) is 0 Å². The molecule has 0 aromatic heterocycles. The zero-order chi connectivity index (χ0) is 14.7. The second kappa shape index (κ2) is 6.09. The van der Waals surface area contributed by atoms with Gasteiger partial charge in [-0.25, -0.2) is 8.78 Å². The molecular formula is C15H15ClF2N2. The predicted molar refractivity (Wildman–Crippen MR) is 79.2 cm³/mol. The highest BCUT2D eigenvalue weighted by atomic mass is 35.5. The van der Waals surface area contributed by atoms with E-state index in [0.29, 0.717) is 24.3 Å². The second-order valence-corrected chi connectivity index (χ2v) is 5.01. The van der Waals surface area contributed by atoms with Crippen LogP contribution in [0.15, 0.2) is 30.3 Å². The van der Waals surface area contributed by atoms with Gasteiger partial charge in [-0.3, -0.25) is 0 Å². The SMILES string of the molecule is Cc1cc(F)ccc1CCNc1cc(F)c(Cl)cc1N. The van der Waals surface area contributed by atoms with Crippen LogP contribution in [-0.2, 0) is 6.42 Å². The van der Waals surface area contributed by atoms with Gasteiger partial charge < -0.3 is 11.1 Å². The summed E-state index contributed by atoms with van der Waals surface area (Å²) in [5.74, 6) is -0.760. The van der Waals surface area contributed by atoms with E-state index in [1.165, 1.54) is 24.3 Å². The minimum absolute atomic E-state index is 0.00225. The average molecular weight is 297 g/mol. The van der Waals surface area contributed by atoms with E-state index in [2.05, 4.69) is 5.32 Å². The van der Waals surface area contributed by atoms with Gasteiger partial charge in [0.25, 0.3) is 0 Å². The van der Waals surface area contributed by atoms with Crippen LogP contribution in [0, 0.1) is 18.6 Å². The zero-order valence-electron chi connectivity index (χ0n) is 11.0. The average Bonchev–Trinajstić information content (AvgIpc) is 2.38. The Morgan fingerprint density at radius 1 is 1.20 bits per heavy atom. The van der Waals surface area contributed by atoms with E-state index in [0.717, 1.165) is 11.1 Å². The molecule has 0 unspecified atom stereocenters. The lowest BCUT2D eigenvalue weighted by Crippen LogP contribution is -2.08. The fourth-order valence-corrected chi connectivity index (χ4v) is 2.16. The summed E-state index contributed by atoms with van der Waals surface area (Å²) >= 11 is 5.63. The number of halogens is 3. The van der Waals surface area contributed by atoms with Crippen molar-refractivity contribution in [3.63, 3.8) is 0 Å². The fraction of sp³-hybridized carbons (Fsp3) is 0.200. The van der Waals surface area contributed by atoms with Crippen molar-refractivity contribution in [1.29, 1.82) is 0 Å². The van der Waals surface area contributed by atoms with Crippen LogP contribution in [0.3, 0.4) is 0 Å². The number of hydrogen-bond donors (Lipinski definition) is 2. The van der Waals surface area contributed by atoms with Crippen molar-refractivity contribution < 1.29 is 8.78 Å². The molecule has 3 N–H and O–H groups in total. The molecule has 5 heteroatoms. The number of nitrogens with two attached hydrogens (primary N) is 1. The van der Waals surface area contributed by atoms with Gasteiger partial charge in [0.2, 0.25) is 0 Å². The molecule has 0 spiro atoms. The molecule has 0 radical (unpaired) electrons. The van der Waals surface area contributed by atoms with Crippen molar-refractivity contribution in [1.82, 2.24) is 0 Å². The van der Waals surface area contributed by atoms with Gasteiger partial charge in [0.15, 0.2) is 0 Å². The molecule has 0 aliphatic heterocycles. The molecule has 0 aliphatic carbocycles. The lowest BCUT2D eigenvalue weighted by atomic mass is 10.1. The van der Waals surface area contributed by atoms with Gasteiger partial charge in [-0.1, -0.05) is 17.7 Å². The number of nitrogens with one attached hydrogen (secondary N) is 1. The molecule has 0 saturated carbocycles. The molecule has 2 rings (SSSR count). The van der Waals surface area contributed by atoms with Crippen molar-refractivity contribution in [2.45, 2.75) is 13.3 Å². The second-order valence-electron chi connectivity index (χ2n) is 4.60. The lowest BCUT2D eigenvalue weighted by Gasteiger charge is -2.11. The summed E-state index contributed by atoms with van der Waals surface area (Å²) in [6, 6.07) is 7.32. The maximum absolute atomic E-state index is 13.3. The maximum Gasteiger partial charge on any atom is 0.143 e. The van der Waals surface area contributed by atoms with Crippen LogP contribution in [0.5, 0.6) is 0 Å². The number of hydrogen-bond acceptors (Lipinski definition) is 2. The minimum Gasteiger partial charge on any atom is -0.397 e. The van der Waals surface area contributed by atoms with Gasteiger partial charge in [-0.05, 0) is 42.7 Å². The summed E-state index contributed by atoms with van der Waals surface area (Å²) < 4.78 is 26.3. The van der Waals surface area contributed by atoms with Gasteiger partial charge in [0.1, 0.15) is 11.6 Å². The number of anilines is 2. The molecule has 20 heavy (non-hydrogen) atoms. The first-order valence-electron chi connectivity index (χ1n) is 6.21. The Kier molecular flexibility index (Phi) is 4.45. The van der Waals surface area contributed by atoms with Crippen LogP contribution < -0.4 is 11.1 Å². The van der Waals surface area contributed by atoms with Gasteiger partial charge in [0.05, 0.1) is 16.4 Å². The Hall–Kier alpha value is -1.81. The van der Waals surface area contributed by atoms with E-state index in [1.807, 2.05) is 6.92 Å². The molecule has 0 amide bonds. The van der Waals surface area contributed by atoms with Crippen LogP contribution in [0.4, 0.5) is 20.2 Å². The topological polar surface area (TPSA) is 38.0 Å². The first-order valence-corrected chi connectivity index (χ1v) is 6.58. The highest BCUT2D eigenvalue weighted by molar-refractivity contribution is 6.31. The summed E-state index contributed by atoms with van der Waals surface area (Å²) in [6.45, 7) is 2.42. The van der Waals surface area contributed by atoms with Crippen LogP contribution in [-0.4, -0.2) is 6.54 Å². The maximum atomic E-state index is 13.3. The molecule has 106 valence electrons. The molecular weight excluding hydrogens is 282 g/mol. The van der Waals surface area contributed by atoms with E-state index in [1.54, 1.807) is 6.07 Å². The Morgan fingerprint density at radius 3 is 2.65 bits per heavy atom. The standard InChI is InChI=1S/C15H15ClF2N2/c1-9-6-11(17)3-2-10(9)4-5-20-15-8-13(18)12(16)7-14(15)19/h2-3,6-8,20H,4-5,19H2,1H3. The summed E-state index contributed by atoms with van der Waals surface area (Å²) in [5.41, 5.74) is 8.58. The van der Waals surface area contributed by atoms with Crippen molar-refractivity contribution in [3.05, 3.63) is 58.1 Å².